The van der Waals surface area contributed by atoms with E-state index < -0.39 is 40.7 Å². The van der Waals surface area contributed by atoms with Crippen LogP contribution in [0.3, 0.4) is 0 Å². The van der Waals surface area contributed by atoms with Gasteiger partial charge in [0.05, 0.1) is 34.2 Å². The number of anilines is 1. The van der Waals surface area contributed by atoms with Crippen molar-refractivity contribution in [2.75, 3.05) is 18.6 Å². The van der Waals surface area contributed by atoms with Crippen molar-refractivity contribution in [1.82, 2.24) is 4.98 Å². The molecule has 0 saturated carbocycles. The van der Waals surface area contributed by atoms with Gasteiger partial charge in [-0.15, -0.1) is 0 Å². The number of hydrazone groups is 1. The molecule has 1 heterocycles. The molecule has 0 unspecified atom stereocenters. The second-order valence-corrected chi connectivity index (χ2v) is 17.8. The van der Waals surface area contributed by atoms with E-state index in [0.717, 1.165) is 38.7 Å². The van der Waals surface area contributed by atoms with Gasteiger partial charge < -0.3 is 28.4 Å². The number of esters is 4. The van der Waals surface area contributed by atoms with Crippen LogP contribution in [0, 0.1) is 0 Å². The van der Waals surface area contributed by atoms with Gasteiger partial charge in [-0.25, -0.2) is 24.2 Å². The van der Waals surface area contributed by atoms with E-state index in [1.54, 1.807) is 101 Å². The molecule has 5 aromatic carbocycles. The second-order valence-electron chi connectivity index (χ2n) is 16.8. The summed E-state index contributed by atoms with van der Waals surface area (Å²) in [4.78, 5) is 54.7. The van der Waals surface area contributed by atoms with E-state index in [1.807, 2.05) is 44.2 Å². The fourth-order valence-corrected chi connectivity index (χ4v) is 7.83. The van der Waals surface area contributed by atoms with Crippen molar-refractivity contribution in [3.63, 3.8) is 0 Å². The van der Waals surface area contributed by atoms with E-state index in [2.05, 4.69) is 29.8 Å². The van der Waals surface area contributed by atoms with Crippen LogP contribution in [0.1, 0.15) is 79.8 Å². The Morgan fingerprint density at radius 1 is 0.738 bits per heavy atom. The van der Waals surface area contributed by atoms with Crippen molar-refractivity contribution in [2.45, 2.75) is 71.2 Å². The Balaban J connectivity index is 1.11. The predicted octanol–water partition coefficient (Wildman–Crippen LogP) is 10.5. The lowest BCUT2D eigenvalue weighted by atomic mass is 9.92. The Labute approximate surface area is 381 Å². The molecule has 0 aliphatic rings. The van der Waals surface area contributed by atoms with Gasteiger partial charge in [0, 0.05) is 35.9 Å². The lowest BCUT2D eigenvalue weighted by Gasteiger charge is -2.34. The van der Waals surface area contributed by atoms with Crippen molar-refractivity contribution in [3.05, 3.63) is 151 Å². The monoisotopic (exact) mass is 897 g/mol. The van der Waals surface area contributed by atoms with Gasteiger partial charge >= 0.3 is 23.9 Å². The highest BCUT2D eigenvalue weighted by molar-refractivity contribution is 7.22. The molecule has 1 aromatic heterocycles. The van der Waals surface area contributed by atoms with Gasteiger partial charge in [0.15, 0.2) is 0 Å². The lowest BCUT2D eigenvalue weighted by molar-refractivity contribution is -0.154. The van der Waals surface area contributed by atoms with Gasteiger partial charge in [0.1, 0.15) is 40.7 Å². The Kier molecular flexibility index (Phi) is 14.8. The average molecular weight is 898 g/mol. The third-order valence-electron chi connectivity index (χ3n) is 9.65. The van der Waals surface area contributed by atoms with Crippen molar-refractivity contribution in [3.8, 4) is 17.2 Å². The number of carbonyl (C=O) groups is 4. The molecule has 0 saturated heterocycles. The molecule has 0 fully saturated rings. The molecular weight excluding hydrogens is 847 g/mol. The molecular formula is C51H51N3O10S. The van der Waals surface area contributed by atoms with Gasteiger partial charge in [-0.2, -0.15) is 5.10 Å². The van der Waals surface area contributed by atoms with Gasteiger partial charge in [-0.05, 0) is 119 Å². The normalized spacial score (nSPS) is 11.8. The van der Waals surface area contributed by atoms with Gasteiger partial charge in [-0.3, -0.25) is 5.43 Å². The van der Waals surface area contributed by atoms with Crippen molar-refractivity contribution in [2.24, 2.45) is 5.10 Å². The molecule has 0 amide bonds. The Morgan fingerprint density at radius 3 is 2.08 bits per heavy atom. The Morgan fingerprint density at radius 2 is 1.38 bits per heavy atom. The highest BCUT2D eigenvalue weighted by atomic mass is 32.1. The molecule has 0 aliphatic carbocycles. The molecule has 0 radical (unpaired) electrons. The number of benzene rings is 5. The summed E-state index contributed by atoms with van der Waals surface area (Å²) in [7, 11) is 0. The number of nitrogens with one attached hydrogen (secondary N) is 1. The maximum Gasteiger partial charge on any atom is 0.343 e. The number of thiazole rings is 1. The largest absolute Gasteiger partial charge is 0.489 e. The zero-order valence-electron chi connectivity index (χ0n) is 37.2. The molecule has 0 spiro atoms. The molecule has 14 heteroatoms. The lowest BCUT2D eigenvalue weighted by Crippen LogP contribution is -2.40. The highest BCUT2D eigenvalue weighted by Gasteiger charge is 2.33. The zero-order chi connectivity index (χ0) is 46.8. The number of ether oxygens (including phenoxy) is 6. The standard InChI is InChI=1S/C51H51N3O10S/c1-9-43(55)63-50(5,6)31-49(3,4)62-39-23-18-35(19-24-39)46(57)59-28-27-33-15-25-41(61-47(58)36-16-21-38(22-17-36)60-32-51(7,8)64-44(56)10-2)37(29-33)30-52-54-48-53-45-40-14-12-11-13-34(40)20-26-42(45)65-48/h9-26,29-30H,1-2,27-28,31-32H2,3-8H3,(H,53,54)/b52-30+. The topological polar surface area (TPSA) is 161 Å². The average Bonchev–Trinajstić information content (AvgIpc) is 3.69. The minimum Gasteiger partial charge on any atom is -0.489 e. The summed E-state index contributed by atoms with van der Waals surface area (Å²) in [6.45, 7) is 17.8. The first kappa shape index (κ1) is 47.2. The summed E-state index contributed by atoms with van der Waals surface area (Å²) in [5, 5.41) is 7.17. The van der Waals surface area contributed by atoms with E-state index in [9.17, 15) is 19.2 Å². The van der Waals surface area contributed by atoms with Crippen molar-refractivity contribution >= 4 is 67.5 Å². The highest BCUT2D eigenvalue weighted by Crippen LogP contribution is 2.32. The molecule has 6 aromatic rings. The van der Waals surface area contributed by atoms with Crippen LogP contribution >= 0.6 is 11.3 Å². The Bertz CT molecular complexity index is 2740. The molecule has 336 valence electrons. The minimum absolute atomic E-state index is 0.0680. The SMILES string of the molecule is C=CC(=O)OC(C)(C)COc1ccc(C(=O)Oc2ccc(CCOC(=O)c3ccc(OC(C)(C)CC(C)(C)OC(=O)C=C)cc3)cc2/C=N/Nc2nc3c(ccc4ccccc43)s2)cc1. The van der Waals surface area contributed by atoms with E-state index in [0.29, 0.717) is 40.6 Å². The van der Waals surface area contributed by atoms with E-state index in [-0.39, 0.29) is 24.5 Å². The number of rotatable bonds is 20. The van der Waals surface area contributed by atoms with E-state index in [4.69, 9.17) is 33.4 Å². The zero-order valence-corrected chi connectivity index (χ0v) is 38.0. The molecule has 1 N–H and O–H groups in total. The maximum absolute atomic E-state index is 13.4. The first-order valence-corrected chi connectivity index (χ1v) is 21.6. The first-order chi connectivity index (χ1) is 30.9. The fourth-order valence-electron chi connectivity index (χ4n) is 6.99. The molecule has 0 atom stereocenters. The summed E-state index contributed by atoms with van der Waals surface area (Å²) >= 11 is 1.46. The minimum atomic E-state index is -0.906. The van der Waals surface area contributed by atoms with Crippen molar-refractivity contribution in [1.29, 1.82) is 0 Å². The maximum atomic E-state index is 13.4. The van der Waals surface area contributed by atoms with E-state index in [1.165, 1.54) is 11.3 Å². The summed E-state index contributed by atoms with van der Waals surface area (Å²) < 4.78 is 35.3. The first-order valence-electron chi connectivity index (χ1n) is 20.7. The van der Waals surface area contributed by atoms with Crippen LogP contribution in [-0.4, -0.2) is 65.1 Å². The molecule has 13 nitrogen and oxygen atoms in total. The summed E-state index contributed by atoms with van der Waals surface area (Å²) in [6.07, 6.45) is 4.51. The molecule has 65 heavy (non-hydrogen) atoms. The second kappa shape index (κ2) is 20.5. The Hall–Kier alpha value is -7.32. The van der Waals surface area contributed by atoms with Crippen LogP contribution in [0.2, 0.25) is 0 Å². The van der Waals surface area contributed by atoms with Crippen LogP contribution in [0.25, 0.3) is 21.0 Å². The third-order valence-corrected chi connectivity index (χ3v) is 10.6. The summed E-state index contributed by atoms with van der Waals surface area (Å²) in [5.41, 5.74) is 3.38. The number of hydrogen-bond donors (Lipinski definition) is 1. The van der Waals surface area contributed by atoms with E-state index >= 15 is 0 Å². The predicted molar refractivity (Wildman–Crippen MR) is 252 cm³/mol. The summed E-state index contributed by atoms with van der Waals surface area (Å²) in [6, 6.07) is 30.4. The number of fused-ring (bicyclic) bond motifs is 3. The number of aromatic nitrogens is 1. The number of nitrogens with zero attached hydrogens (tertiary/aromatic N) is 2. The van der Waals surface area contributed by atoms with Crippen LogP contribution in [-0.2, 0) is 30.2 Å². The van der Waals surface area contributed by atoms with Crippen LogP contribution in [0.5, 0.6) is 17.2 Å². The van der Waals surface area contributed by atoms with Crippen LogP contribution in [0.15, 0.2) is 134 Å². The summed E-state index contributed by atoms with van der Waals surface area (Å²) in [5.74, 6) is -0.944. The van der Waals surface area contributed by atoms with Crippen LogP contribution in [0.4, 0.5) is 5.13 Å². The number of carbonyl (C=O) groups excluding carboxylic acids is 4. The van der Waals surface area contributed by atoms with Crippen molar-refractivity contribution < 1.29 is 47.6 Å². The van der Waals surface area contributed by atoms with Gasteiger partial charge in [0.2, 0.25) is 5.13 Å². The quantitative estimate of drug-likeness (QED) is 0.0193. The number of hydrogen-bond acceptors (Lipinski definition) is 14. The molecule has 0 bridgehead atoms. The fraction of sp³-hybridized carbons (Fsp3) is 0.255. The van der Waals surface area contributed by atoms with Crippen LogP contribution < -0.4 is 19.6 Å². The molecule has 0 aliphatic heterocycles. The van der Waals surface area contributed by atoms with Gasteiger partial charge in [-0.1, -0.05) is 60.9 Å². The van der Waals surface area contributed by atoms with Gasteiger partial charge in [0.25, 0.3) is 0 Å². The third kappa shape index (κ3) is 13.3. The molecule has 6 rings (SSSR count). The smallest absolute Gasteiger partial charge is 0.343 e.